The van der Waals surface area contributed by atoms with Gasteiger partial charge in [-0.2, -0.15) is 0 Å². The Morgan fingerprint density at radius 2 is 0.469 bits per heavy atom. The molecule has 0 saturated heterocycles. The topological polar surface area (TPSA) is 9.23 Å². The summed E-state index contributed by atoms with van der Waals surface area (Å²) in [6.45, 7) is 1.53. The molecule has 4 aromatic rings. The Bertz CT molecular complexity index is 1820. The zero-order valence-corrected chi connectivity index (χ0v) is 24.7. The summed E-state index contributed by atoms with van der Waals surface area (Å²) >= 11 is 0. The second-order valence-corrected chi connectivity index (χ2v) is 14.5. The molecular formula is C27H9BF19OSi-. The first-order valence-electron chi connectivity index (χ1n) is 12.6. The van der Waals surface area contributed by atoms with Crippen molar-refractivity contribution < 1.29 is 87.8 Å². The summed E-state index contributed by atoms with van der Waals surface area (Å²) in [5.41, 5.74) is -13.8. The fraction of sp³-hybridized carbons (Fsp3) is 0.111. The molecule has 264 valence electrons. The van der Waals surface area contributed by atoms with E-state index >= 15 is 43.9 Å². The Hall–Kier alpha value is -4.21. The quantitative estimate of drug-likeness (QED) is 0.106. The summed E-state index contributed by atoms with van der Waals surface area (Å²) in [6, 6.07) is 0. The molecule has 0 aromatic heterocycles. The summed E-state index contributed by atoms with van der Waals surface area (Å²) in [5, 5.41) is -1.81. The summed E-state index contributed by atoms with van der Waals surface area (Å²) in [7, 11) is -3.66. The Labute approximate surface area is 260 Å². The van der Waals surface area contributed by atoms with Crippen LogP contribution < -0.4 is 27.0 Å². The van der Waals surface area contributed by atoms with E-state index < -0.39 is 152 Å². The highest BCUT2D eigenvalue weighted by molar-refractivity contribution is 7.20. The van der Waals surface area contributed by atoms with Gasteiger partial charge in [0, 0.05) is 12.3 Å². The van der Waals surface area contributed by atoms with Crippen LogP contribution in [-0.4, -0.2) is 21.6 Å². The van der Waals surface area contributed by atoms with Crippen molar-refractivity contribution in [2.24, 2.45) is 0 Å². The maximum absolute atomic E-state index is 16.2. The van der Waals surface area contributed by atoms with Crippen molar-refractivity contribution in [2.45, 2.75) is 13.1 Å². The van der Waals surface area contributed by atoms with Crippen LogP contribution >= 0.6 is 0 Å². The predicted molar refractivity (Wildman–Crippen MR) is 133 cm³/mol. The predicted octanol–water partition coefficient (Wildman–Crippen LogP) is 5.77. The maximum Gasteiger partial charge on any atom is 0.224 e. The third-order valence-corrected chi connectivity index (χ3v) is 10.5. The first-order valence-corrected chi connectivity index (χ1v) is 15.5. The van der Waals surface area contributed by atoms with E-state index in [4.69, 9.17) is 4.43 Å². The molecule has 0 aliphatic heterocycles. The highest BCUT2D eigenvalue weighted by atomic mass is 28.4. The van der Waals surface area contributed by atoms with Crippen molar-refractivity contribution >= 4 is 41.5 Å². The molecule has 1 nitrogen and oxygen atoms in total. The first-order chi connectivity index (χ1) is 22.5. The molecule has 0 radical (unpaired) electrons. The van der Waals surface area contributed by atoms with Gasteiger partial charge in [-0.25, -0.2) is 83.4 Å². The zero-order valence-electron chi connectivity index (χ0n) is 23.7. The minimum absolute atomic E-state index is 0.682. The molecule has 0 saturated carbocycles. The van der Waals surface area contributed by atoms with Gasteiger partial charge in [-0.05, 0) is 13.1 Å². The van der Waals surface area contributed by atoms with Crippen molar-refractivity contribution in [3.05, 3.63) is 111 Å². The van der Waals surface area contributed by atoms with Crippen LogP contribution in [0.1, 0.15) is 0 Å². The van der Waals surface area contributed by atoms with Gasteiger partial charge in [-0.15, -0.1) is 21.9 Å². The molecule has 0 fully saturated rings. The first kappa shape index (κ1) is 37.6. The Morgan fingerprint density at radius 3 is 0.653 bits per heavy atom. The van der Waals surface area contributed by atoms with Gasteiger partial charge in [0.25, 0.3) is 0 Å². The van der Waals surface area contributed by atoms with Crippen molar-refractivity contribution in [3.63, 3.8) is 0 Å². The van der Waals surface area contributed by atoms with Gasteiger partial charge in [0.1, 0.15) is 52.7 Å². The van der Waals surface area contributed by atoms with Crippen LogP contribution in [0.25, 0.3) is 0 Å². The van der Waals surface area contributed by atoms with E-state index in [0.717, 1.165) is 13.1 Å². The molecule has 49 heavy (non-hydrogen) atoms. The van der Waals surface area contributed by atoms with E-state index in [1.54, 1.807) is 0 Å². The Kier molecular flexibility index (Phi) is 9.43. The van der Waals surface area contributed by atoms with Gasteiger partial charge in [0.05, 0.1) is 0 Å². The minimum Gasteiger partial charge on any atom is -0.416 e. The summed E-state index contributed by atoms with van der Waals surface area (Å²) in [5.74, 6) is -65.1. The van der Waals surface area contributed by atoms with E-state index in [9.17, 15) is 39.5 Å². The molecule has 0 heterocycles. The van der Waals surface area contributed by atoms with Gasteiger partial charge in [0.2, 0.25) is 8.32 Å². The molecule has 0 amide bonds. The molecule has 0 unspecified atom stereocenters. The molecule has 0 bridgehead atoms. The molecule has 0 atom stereocenters. The van der Waals surface area contributed by atoms with Gasteiger partial charge in [0.15, 0.2) is 64.0 Å². The normalized spacial score (nSPS) is 12.4. The van der Waals surface area contributed by atoms with E-state index in [-0.39, 0.29) is 0 Å². The van der Waals surface area contributed by atoms with E-state index in [1.165, 1.54) is 0 Å². The number of hydrogen-bond acceptors (Lipinski definition) is 1. The standard InChI is InChI=1S/C27H9BF19OSi/c1-48-49(2,3)27-25(46)14(35)7(15(36)26(27)47)28(4-8(29)16(37)22(43)17(38)9(4)30,5-10(31)18(39)23(44)19(40)11(5)32)6-12(33)20(41)24(45)21(42)13(6)34/h1-3H3/q-1. The van der Waals surface area contributed by atoms with Gasteiger partial charge in [-0.3, -0.25) is 0 Å². The molecule has 4 aromatic carbocycles. The Morgan fingerprint density at radius 1 is 0.306 bits per heavy atom. The molecular weight excluding hydrogens is 740 g/mol. The fourth-order valence-corrected chi connectivity index (χ4v) is 7.01. The highest BCUT2D eigenvalue weighted by Gasteiger charge is 2.53. The molecule has 22 heteroatoms. The number of rotatable bonds is 6. The SMILES string of the molecule is CO[Si](C)(C)c1c(F)c(F)c([B-](c2c(F)c(F)c(F)c(F)c2F)(c2c(F)c(F)c(F)c(F)c2F)c2c(F)c(F)c(F)c(F)c2F)c(F)c1F. The van der Waals surface area contributed by atoms with Gasteiger partial charge < -0.3 is 4.43 Å². The summed E-state index contributed by atoms with van der Waals surface area (Å²) in [4.78, 5) is 0. The van der Waals surface area contributed by atoms with Crippen LogP contribution in [0.2, 0.25) is 13.1 Å². The van der Waals surface area contributed by atoms with Crippen LogP contribution in [0.5, 0.6) is 0 Å². The third-order valence-electron chi connectivity index (χ3n) is 7.87. The molecule has 0 N–H and O–H groups in total. The monoisotopic (exact) mass is 749 g/mol. The third kappa shape index (κ3) is 4.91. The van der Waals surface area contributed by atoms with Crippen LogP contribution in [0.4, 0.5) is 83.4 Å². The number of hydrogen-bond donors (Lipinski definition) is 0. The second kappa shape index (κ2) is 12.3. The minimum atomic E-state index is -7.12. The highest BCUT2D eigenvalue weighted by Crippen LogP contribution is 2.30. The molecule has 0 aliphatic rings. The average Bonchev–Trinajstić information content (AvgIpc) is 3.05. The van der Waals surface area contributed by atoms with Crippen molar-refractivity contribution in [3.8, 4) is 0 Å². The maximum atomic E-state index is 16.2. The fourth-order valence-electron chi connectivity index (χ4n) is 5.53. The second-order valence-electron chi connectivity index (χ2n) is 10.6. The van der Waals surface area contributed by atoms with Crippen LogP contribution in [0.15, 0.2) is 0 Å². The molecule has 4 rings (SSSR count). The van der Waals surface area contributed by atoms with Crippen LogP contribution in [-0.2, 0) is 4.43 Å². The van der Waals surface area contributed by atoms with Crippen molar-refractivity contribution in [1.29, 1.82) is 0 Å². The van der Waals surface area contributed by atoms with Crippen LogP contribution in [0.3, 0.4) is 0 Å². The zero-order chi connectivity index (χ0) is 37.6. The largest absolute Gasteiger partial charge is 0.416 e. The smallest absolute Gasteiger partial charge is 0.224 e. The van der Waals surface area contributed by atoms with Gasteiger partial charge >= 0.3 is 0 Å². The molecule has 0 spiro atoms. The van der Waals surface area contributed by atoms with Crippen molar-refractivity contribution in [1.82, 2.24) is 0 Å². The number of halogens is 19. The van der Waals surface area contributed by atoms with Crippen molar-refractivity contribution in [2.75, 3.05) is 7.11 Å². The summed E-state index contributed by atoms with van der Waals surface area (Å²) < 4.78 is 293. The number of benzene rings is 4. The lowest BCUT2D eigenvalue weighted by atomic mass is 9.12. The van der Waals surface area contributed by atoms with Gasteiger partial charge in [-0.1, -0.05) is 0 Å². The average molecular weight is 749 g/mol. The lowest BCUT2D eigenvalue weighted by Crippen LogP contribution is -2.81. The van der Waals surface area contributed by atoms with E-state index in [1.807, 2.05) is 0 Å². The lowest BCUT2D eigenvalue weighted by molar-refractivity contribution is 0.379. The lowest BCUT2D eigenvalue weighted by Gasteiger charge is -2.45. The summed E-state index contributed by atoms with van der Waals surface area (Å²) in [6.07, 6.45) is -7.12. The Balaban J connectivity index is 2.69. The molecule has 0 aliphatic carbocycles. The van der Waals surface area contributed by atoms with E-state index in [2.05, 4.69) is 0 Å². The van der Waals surface area contributed by atoms with Crippen LogP contribution in [0, 0.1) is 111 Å². The van der Waals surface area contributed by atoms with E-state index in [0.29, 0.717) is 7.11 Å².